The summed E-state index contributed by atoms with van der Waals surface area (Å²) in [5.41, 5.74) is 13.2. The summed E-state index contributed by atoms with van der Waals surface area (Å²) in [7, 11) is 0. The lowest BCUT2D eigenvalue weighted by Crippen LogP contribution is -2.64. The second kappa shape index (κ2) is 25.9. The van der Waals surface area contributed by atoms with Crippen molar-refractivity contribution in [1.29, 1.82) is 0 Å². The molecule has 20 nitrogen and oxygen atoms in total. The molecule has 20 heteroatoms. The van der Waals surface area contributed by atoms with Gasteiger partial charge in [-0.3, -0.25) is 19.2 Å². The quantitative estimate of drug-likeness (QED) is 0.0614. The van der Waals surface area contributed by atoms with Gasteiger partial charge >= 0.3 is 12.2 Å². The van der Waals surface area contributed by atoms with E-state index in [2.05, 4.69) is 10.6 Å². The Balaban J connectivity index is 1.40. The summed E-state index contributed by atoms with van der Waals surface area (Å²) in [4.78, 5) is 89.0. The Morgan fingerprint density at radius 2 is 0.846 bits per heavy atom. The molecule has 0 bridgehead atoms. The molecule has 422 valence electrons. The van der Waals surface area contributed by atoms with Crippen molar-refractivity contribution in [3.8, 4) is 23.0 Å². The van der Waals surface area contributed by atoms with Gasteiger partial charge in [-0.1, -0.05) is 100 Å². The lowest BCUT2D eigenvalue weighted by molar-refractivity contribution is -0.144. The highest BCUT2D eigenvalue weighted by Crippen LogP contribution is 2.35. The molecular formula is C58H76N6O14. The number of fused-ring (bicyclic) bond motifs is 2. The summed E-state index contributed by atoms with van der Waals surface area (Å²) in [5.74, 6) is -3.53. The van der Waals surface area contributed by atoms with Gasteiger partial charge in [-0.05, 0) is 126 Å². The zero-order valence-corrected chi connectivity index (χ0v) is 46.1. The third-order valence-electron chi connectivity index (χ3n) is 12.9. The first-order valence-electron chi connectivity index (χ1n) is 26.2. The number of aliphatic hydroxyl groups excluding tert-OH is 2. The van der Waals surface area contributed by atoms with E-state index in [0.717, 1.165) is 0 Å². The van der Waals surface area contributed by atoms with Crippen LogP contribution in [0, 0.1) is 11.8 Å². The van der Waals surface area contributed by atoms with Crippen LogP contribution in [0.1, 0.15) is 91.5 Å². The molecule has 0 saturated heterocycles. The van der Waals surface area contributed by atoms with Crippen molar-refractivity contribution < 1.29 is 67.4 Å². The van der Waals surface area contributed by atoms with E-state index in [-0.39, 0.29) is 39.3 Å². The van der Waals surface area contributed by atoms with Gasteiger partial charge in [0.05, 0.1) is 24.2 Å². The number of hydrogen-bond acceptors (Lipinski definition) is 16. The van der Waals surface area contributed by atoms with E-state index in [4.69, 9.17) is 39.9 Å². The van der Waals surface area contributed by atoms with Gasteiger partial charge in [0.2, 0.25) is 37.2 Å². The fraction of sp³-hybridized carbons (Fsp3) is 0.483. The second-order valence-corrected chi connectivity index (χ2v) is 22.3. The molecule has 4 aromatic rings. The average Bonchev–Trinajstić information content (AvgIpc) is 4.06. The highest BCUT2D eigenvalue weighted by Gasteiger charge is 2.46. The molecule has 4 aromatic carbocycles. The van der Waals surface area contributed by atoms with Gasteiger partial charge in [0.25, 0.3) is 0 Å². The Morgan fingerprint density at radius 1 is 0.513 bits per heavy atom. The smallest absolute Gasteiger partial charge is 0.417 e. The molecule has 0 saturated carbocycles. The van der Waals surface area contributed by atoms with Crippen molar-refractivity contribution in [3.05, 3.63) is 119 Å². The van der Waals surface area contributed by atoms with Crippen molar-refractivity contribution in [2.75, 3.05) is 13.6 Å². The van der Waals surface area contributed by atoms with Crippen LogP contribution in [0.25, 0.3) is 0 Å². The first-order chi connectivity index (χ1) is 36.7. The molecule has 8 atom stereocenters. The largest absolute Gasteiger partial charge is 0.454 e. The van der Waals surface area contributed by atoms with Gasteiger partial charge in [0, 0.05) is 0 Å². The molecule has 2 aliphatic heterocycles. The fourth-order valence-electron chi connectivity index (χ4n) is 9.18. The maximum Gasteiger partial charge on any atom is 0.417 e. The number of ether oxygens (including phenoxy) is 6. The van der Waals surface area contributed by atoms with E-state index < -0.39 is 107 Å². The van der Waals surface area contributed by atoms with Crippen LogP contribution in [-0.2, 0) is 54.3 Å². The normalized spacial score (nSPS) is 15.9. The third kappa shape index (κ3) is 15.9. The summed E-state index contributed by atoms with van der Waals surface area (Å²) >= 11 is 0. The third-order valence-corrected chi connectivity index (χ3v) is 12.9. The van der Waals surface area contributed by atoms with E-state index in [1.807, 2.05) is 0 Å². The predicted molar refractivity (Wildman–Crippen MR) is 288 cm³/mol. The molecule has 8 N–H and O–H groups in total. The number of nitrogens with two attached hydrogens (primary N) is 2. The Bertz CT molecular complexity index is 2540. The van der Waals surface area contributed by atoms with Crippen LogP contribution in [0.3, 0.4) is 0 Å². The number of amides is 6. The average molecular weight is 1080 g/mol. The topological polar surface area (TPSA) is 281 Å². The van der Waals surface area contributed by atoms with Crippen LogP contribution in [0.4, 0.5) is 9.59 Å². The Labute approximate surface area is 456 Å². The number of nitrogens with zero attached hydrogens (tertiary/aromatic N) is 2. The number of carbonyl (C=O) groups is 6. The molecule has 6 rings (SSSR count). The molecule has 6 amide bonds. The number of carbonyl (C=O) groups excluding carboxylic acids is 6. The van der Waals surface area contributed by atoms with Crippen molar-refractivity contribution in [3.63, 3.8) is 0 Å². The number of aliphatic hydroxyl groups is 2. The molecule has 2 aliphatic rings. The summed E-state index contributed by atoms with van der Waals surface area (Å²) in [6.45, 7) is 16.0. The number of imide groups is 2. The number of benzene rings is 4. The predicted octanol–water partition coefficient (Wildman–Crippen LogP) is 5.34. The molecule has 78 heavy (non-hydrogen) atoms. The van der Waals surface area contributed by atoms with Crippen LogP contribution < -0.4 is 41.0 Å². The van der Waals surface area contributed by atoms with Gasteiger partial charge in [-0.15, -0.1) is 0 Å². The molecule has 0 aromatic heterocycles. The van der Waals surface area contributed by atoms with E-state index >= 15 is 9.59 Å². The van der Waals surface area contributed by atoms with Crippen LogP contribution in [0.2, 0.25) is 0 Å². The van der Waals surface area contributed by atoms with E-state index in [0.29, 0.717) is 55.1 Å². The van der Waals surface area contributed by atoms with Gasteiger partial charge < -0.3 is 60.7 Å². The molecule has 0 radical (unpaired) electrons. The van der Waals surface area contributed by atoms with Crippen LogP contribution in [0.5, 0.6) is 23.0 Å². The SMILES string of the molecule is CC(C)[C@@H](C(=O)N[C@@H](Cc1ccc2c(c1)OCO2)[C@@H](O)[C@H](O)[C@H](Cc1ccc2c(c1)OCO2)NC(=O)[C@H](C(C)C)N(C(=O)OC(C)(C)C)C(=O)[C@@H](N)Cc1ccccc1)N(C(=O)OC(C)(C)C)C(=O)[C@@H](N)Cc1ccccc1. The zero-order chi connectivity index (χ0) is 57.2. The lowest BCUT2D eigenvalue weighted by Gasteiger charge is -2.38. The van der Waals surface area contributed by atoms with Gasteiger partial charge in [0.1, 0.15) is 35.5 Å². The van der Waals surface area contributed by atoms with E-state index in [9.17, 15) is 29.4 Å². The molecule has 0 fully saturated rings. The number of rotatable bonds is 21. The van der Waals surface area contributed by atoms with Crippen molar-refractivity contribution >= 4 is 35.8 Å². The molecule has 2 heterocycles. The first kappa shape index (κ1) is 60.0. The molecular weight excluding hydrogens is 1000 g/mol. The second-order valence-electron chi connectivity index (χ2n) is 22.3. The van der Waals surface area contributed by atoms with Gasteiger partial charge in [0.15, 0.2) is 23.0 Å². The Hall–Kier alpha value is -7.26. The minimum absolute atomic E-state index is 0.0153. The minimum atomic E-state index is -1.96. The van der Waals surface area contributed by atoms with Crippen molar-refractivity contribution in [1.82, 2.24) is 20.4 Å². The first-order valence-corrected chi connectivity index (χ1v) is 26.2. The summed E-state index contributed by atoms with van der Waals surface area (Å²) in [5, 5.41) is 31.1. The fourth-order valence-corrected chi connectivity index (χ4v) is 9.18. The van der Waals surface area contributed by atoms with Gasteiger partial charge in [-0.25, -0.2) is 19.4 Å². The van der Waals surface area contributed by atoms with E-state index in [1.54, 1.807) is 166 Å². The lowest BCUT2D eigenvalue weighted by atomic mass is 9.89. The minimum Gasteiger partial charge on any atom is -0.454 e. The van der Waals surface area contributed by atoms with Crippen molar-refractivity contribution in [2.24, 2.45) is 23.3 Å². The number of nitrogens with one attached hydrogen (secondary N) is 2. The number of hydrogen-bond donors (Lipinski definition) is 6. The van der Waals surface area contributed by atoms with Gasteiger partial charge in [-0.2, -0.15) is 0 Å². The van der Waals surface area contributed by atoms with Crippen LogP contribution in [0.15, 0.2) is 97.1 Å². The maximum atomic E-state index is 15.1. The highest BCUT2D eigenvalue weighted by atomic mass is 16.7. The Morgan fingerprint density at radius 3 is 1.17 bits per heavy atom. The summed E-state index contributed by atoms with van der Waals surface area (Å²) in [6, 6.07) is 19.1. The Kier molecular flexibility index (Phi) is 19.9. The highest BCUT2D eigenvalue weighted by molar-refractivity contribution is 6.01. The molecule has 0 unspecified atom stereocenters. The summed E-state index contributed by atoms with van der Waals surface area (Å²) in [6.07, 6.45) is -6.55. The zero-order valence-electron chi connectivity index (χ0n) is 46.1. The van der Waals surface area contributed by atoms with Crippen LogP contribution in [-0.4, -0.2) is 129 Å². The standard InChI is InChI=1S/C58H76N6O14/c1-33(2)47(63(55(71)77-57(5,6)7)53(69)39(59)25-35-17-13-11-14-18-35)51(67)61-41(27-37-21-23-43-45(29-37)75-31-73-43)49(65)50(66)42(28-38-22-24-44-46(30-38)76-32-74-44)62-52(68)48(34(3)4)64(56(72)78-58(8,9)10)54(70)40(60)26-36-19-15-12-16-20-36/h11-24,29-30,33-34,39-42,47-50,65-66H,25-28,31-32,59-60H2,1-10H3,(H,61,67)(H,62,68)/t39-,40-,41-,42-,47-,48-,49+,50+/m0/s1. The molecule has 0 spiro atoms. The van der Waals surface area contributed by atoms with Crippen molar-refractivity contribution in [2.45, 2.75) is 155 Å². The van der Waals surface area contributed by atoms with Crippen LogP contribution >= 0.6 is 0 Å². The van der Waals surface area contributed by atoms with E-state index in [1.165, 1.54) is 0 Å². The summed E-state index contributed by atoms with van der Waals surface area (Å²) < 4.78 is 33.8. The molecule has 0 aliphatic carbocycles. The maximum absolute atomic E-state index is 15.1. The monoisotopic (exact) mass is 1080 g/mol.